The summed E-state index contributed by atoms with van der Waals surface area (Å²) >= 11 is 0. The Morgan fingerprint density at radius 2 is 1.52 bits per heavy atom. The predicted molar refractivity (Wildman–Crippen MR) is 84.7 cm³/mol. The Labute approximate surface area is 126 Å². The molecule has 1 fully saturated rings. The van der Waals surface area contributed by atoms with Crippen LogP contribution in [0.4, 0.5) is 0 Å². The number of hydrogen-bond donors (Lipinski definition) is 0. The van der Waals surface area contributed by atoms with E-state index >= 15 is 0 Å². The van der Waals surface area contributed by atoms with Gasteiger partial charge in [-0.15, -0.1) is 0 Å². The molecule has 2 heteroatoms. The molecule has 1 heterocycles. The molecule has 0 radical (unpaired) electrons. The van der Waals surface area contributed by atoms with Crippen molar-refractivity contribution < 1.29 is 4.79 Å². The van der Waals surface area contributed by atoms with Crippen LogP contribution in [0.5, 0.6) is 0 Å². The Kier molecular flexibility index (Phi) is 4.34. The van der Waals surface area contributed by atoms with E-state index in [-0.39, 0.29) is 5.92 Å². The van der Waals surface area contributed by atoms with Crippen molar-refractivity contribution in [2.75, 3.05) is 6.54 Å². The van der Waals surface area contributed by atoms with Gasteiger partial charge in [-0.05, 0) is 30.4 Å². The Bertz CT molecular complexity index is 579. The smallest absolute Gasteiger partial charge is 0.226 e. The number of amides is 1. The van der Waals surface area contributed by atoms with Gasteiger partial charge in [-0.2, -0.15) is 0 Å². The van der Waals surface area contributed by atoms with Crippen molar-refractivity contribution in [3.8, 4) is 0 Å². The number of nitrogens with zero attached hydrogens (tertiary/aromatic N) is 1. The van der Waals surface area contributed by atoms with Gasteiger partial charge < -0.3 is 4.90 Å². The SMILES string of the molecule is O=C1C(CCc2ccccc2)CCN1Cc1ccccc1. The highest BCUT2D eigenvalue weighted by atomic mass is 16.2. The summed E-state index contributed by atoms with van der Waals surface area (Å²) in [5.41, 5.74) is 2.54. The molecule has 0 spiro atoms. The van der Waals surface area contributed by atoms with Crippen LogP contribution in [-0.2, 0) is 17.8 Å². The van der Waals surface area contributed by atoms with Crippen LogP contribution in [0.3, 0.4) is 0 Å². The molecule has 2 aromatic rings. The monoisotopic (exact) mass is 279 g/mol. The van der Waals surface area contributed by atoms with Gasteiger partial charge in [-0.25, -0.2) is 0 Å². The molecule has 1 atom stereocenters. The number of benzene rings is 2. The second-order valence-electron chi connectivity index (χ2n) is 5.76. The van der Waals surface area contributed by atoms with E-state index in [0.717, 1.165) is 32.4 Å². The number of likely N-dealkylation sites (tertiary alicyclic amines) is 1. The van der Waals surface area contributed by atoms with Gasteiger partial charge in [0.25, 0.3) is 0 Å². The zero-order chi connectivity index (χ0) is 14.5. The normalized spacial score (nSPS) is 18.2. The van der Waals surface area contributed by atoms with Crippen molar-refractivity contribution >= 4 is 5.91 Å². The van der Waals surface area contributed by atoms with Gasteiger partial charge in [0, 0.05) is 19.0 Å². The molecule has 2 aromatic carbocycles. The van der Waals surface area contributed by atoms with E-state index in [2.05, 4.69) is 36.4 Å². The van der Waals surface area contributed by atoms with Crippen LogP contribution < -0.4 is 0 Å². The summed E-state index contributed by atoms with van der Waals surface area (Å²) in [4.78, 5) is 14.5. The fraction of sp³-hybridized carbons (Fsp3) is 0.316. The van der Waals surface area contributed by atoms with E-state index in [4.69, 9.17) is 0 Å². The lowest BCUT2D eigenvalue weighted by molar-refractivity contribution is -0.131. The van der Waals surface area contributed by atoms with E-state index in [9.17, 15) is 4.79 Å². The Morgan fingerprint density at radius 3 is 2.19 bits per heavy atom. The molecule has 0 aromatic heterocycles. The first-order valence-corrected chi connectivity index (χ1v) is 7.69. The second-order valence-corrected chi connectivity index (χ2v) is 5.76. The third-order valence-electron chi connectivity index (χ3n) is 4.25. The van der Waals surface area contributed by atoms with Crippen LogP contribution >= 0.6 is 0 Å². The number of carbonyl (C=O) groups is 1. The fourth-order valence-electron chi connectivity index (χ4n) is 3.02. The average molecular weight is 279 g/mol. The van der Waals surface area contributed by atoms with Gasteiger partial charge in [0.15, 0.2) is 0 Å². The maximum Gasteiger partial charge on any atom is 0.226 e. The molecular formula is C19H21NO. The van der Waals surface area contributed by atoms with Crippen LogP contribution in [0.2, 0.25) is 0 Å². The Balaban J connectivity index is 1.54. The van der Waals surface area contributed by atoms with Crippen LogP contribution in [0.1, 0.15) is 24.0 Å². The van der Waals surface area contributed by atoms with Gasteiger partial charge in [0.05, 0.1) is 0 Å². The van der Waals surface area contributed by atoms with Gasteiger partial charge in [0.1, 0.15) is 0 Å². The molecule has 0 bridgehead atoms. The van der Waals surface area contributed by atoms with Gasteiger partial charge in [-0.3, -0.25) is 4.79 Å². The predicted octanol–water partition coefficient (Wildman–Crippen LogP) is 3.67. The largest absolute Gasteiger partial charge is 0.338 e. The molecule has 0 N–H and O–H groups in total. The van der Waals surface area contributed by atoms with Crippen LogP contribution in [0.25, 0.3) is 0 Å². The lowest BCUT2D eigenvalue weighted by Gasteiger charge is -2.16. The summed E-state index contributed by atoms with van der Waals surface area (Å²) in [5.74, 6) is 0.531. The number of carbonyl (C=O) groups excluding carboxylic acids is 1. The molecule has 1 saturated heterocycles. The zero-order valence-electron chi connectivity index (χ0n) is 12.2. The molecule has 108 valence electrons. The van der Waals surface area contributed by atoms with Gasteiger partial charge >= 0.3 is 0 Å². The highest BCUT2D eigenvalue weighted by molar-refractivity contribution is 5.80. The van der Waals surface area contributed by atoms with Crippen LogP contribution in [0.15, 0.2) is 60.7 Å². The maximum absolute atomic E-state index is 12.5. The fourth-order valence-corrected chi connectivity index (χ4v) is 3.02. The van der Waals surface area contributed by atoms with Gasteiger partial charge in [-0.1, -0.05) is 60.7 Å². The minimum absolute atomic E-state index is 0.203. The number of rotatable bonds is 5. The molecular weight excluding hydrogens is 258 g/mol. The van der Waals surface area contributed by atoms with Crippen molar-refractivity contribution in [1.29, 1.82) is 0 Å². The van der Waals surface area contributed by atoms with Crippen molar-refractivity contribution in [3.05, 3.63) is 71.8 Å². The molecule has 1 aliphatic heterocycles. The third kappa shape index (κ3) is 3.52. The first kappa shape index (κ1) is 13.9. The minimum Gasteiger partial charge on any atom is -0.338 e. The summed E-state index contributed by atoms with van der Waals surface area (Å²) in [6, 6.07) is 20.7. The van der Waals surface area contributed by atoms with Crippen molar-refractivity contribution in [3.63, 3.8) is 0 Å². The summed E-state index contributed by atoms with van der Waals surface area (Å²) in [6.45, 7) is 1.65. The highest BCUT2D eigenvalue weighted by Gasteiger charge is 2.30. The van der Waals surface area contributed by atoms with E-state index in [1.54, 1.807) is 0 Å². The third-order valence-corrected chi connectivity index (χ3v) is 4.25. The number of hydrogen-bond acceptors (Lipinski definition) is 1. The molecule has 0 saturated carbocycles. The van der Waals surface area contributed by atoms with E-state index < -0.39 is 0 Å². The van der Waals surface area contributed by atoms with Crippen molar-refractivity contribution in [2.24, 2.45) is 5.92 Å². The standard InChI is InChI=1S/C19H21NO/c21-19-18(12-11-16-7-3-1-4-8-16)13-14-20(19)15-17-9-5-2-6-10-17/h1-10,18H,11-15H2. The van der Waals surface area contributed by atoms with Crippen molar-refractivity contribution in [2.45, 2.75) is 25.8 Å². The molecule has 1 aliphatic rings. The lowest BCUT2D eigenvalue weighted by atomic mass is 9.98. The van der Waals surface area contributed by atoms with Gasteiger partial charge in [0.2, 0.25) is 5.91 Å². The molecule has 21 heavy (non-hydrogen) atoms. The summed E-state index contributed by atoms with van der Waals surface area (Å²) in [5, 5.41) is 0. The Hall–Kier alpha value is -2.09. The maximum atomic E-state index is 12.5. The van der Waals surface area contributed by atoms with E-state index in [1.165, 1.54) is 11.1 Å². The summed E-state index contributed by atoms with van der Waals surface area (Å²) in [7, 11) is 0. The quantitative estimate of drug-likeness (QED) is 0.818. The minimum atomic E-state index is 0.203. The molecule has 3 rings (SSSR count). The second kappa shape index (κ2) is 6.57. The number of aryl methyl sites for hydroxylation is 1. The lowest BCUT2D eigenvalue weighted by Crippen LogP contribution is -2.27. The Morgan fingerprint density at radius 1 is 0.905 bits per heavy atom. The first-order valence-electron chi connectivity index (χ1n) is 7.69. The van der Waals surface area contributed by atoms with E-state index in [1.807, 2.05) is 29.2 Å². The molecule has 1 unspecified atom stereocenters. The summed E-state index contributed by atoms with van der Waals surface area (Å²) < 4.78 is 0. The summed E-state index contributed by atoms with van der Waals surface area (Å²) in [6.07, 6.45) is 2.96. The zero-order valence-corrected chi connectivity index (χ0v) is 12.2. The van der Waals surface area contributed by atoms with E-state index in [0.29, 0.717) is 5.91 Å². The van der Waals surface area contributed by atoms with Crippen LogP contribution in [0, 0.1) is 5.92 Å². The topological polar surface area (TPSA) is 20.3 Å². The van der Waals surface area contributed by atoms with Crippen molar-refractivity contribution in [1.82, 2.24) is 4.90 Å². The highest BCUT2D eigenvalue weighted by Crippen LogP contribution is 2.24. The van der Waals surface area contributed by atoms with Crippen LogP contribution in [-0.4, -0.2) is 17.4 Å². The average Bonchev–Trinajstić information content (AvgIpc) is 2.88. The molecule has 1 amide bonds. The molecule has 0 aliphatic carbocycles. The molecule has 2 nitrogen and oxygen atoms in total. The first-order chi connectivity index (χ1) is 10.3.